The normalized spacial score (nSPS) is 22.3. The molecule has 2 N–H and O–H groups in total. The fourth-order valence-electron chi connectivity index (χ4n) is 4.98. The van der Waals surface area contributed by atoms with Crippen molar-refractivity contribution in [2.45, 2.75) is 58.0 Å². The van der Waals surface area contributed by atoms with Gasteiger partial charge in [0.2, 0.25) is 0 Å². The Morgan fingerprint density at radius 2 is 2.13 bits per heavy atom. The van der Waals surface area contributed by atoms with Gasteiger partial charge in [0, 0.05) is 32.1 Å². The Bertz CT molecular complexity index is 854. The molecule has 8 heteroatoms. The van der Waals surface area contributed by atoms with Gasteiger partial charge in [-0.25, -0.2) is 0 Å². The molecule has 2 saturated carbocycles. The van der Waals surface area contributed by atoms with Crippen molar-refractivity contribution in [1.29, 1.82) is 0 Å². The molecule has 31 heavy (non-hydrogen) atoms. The Hall–Kier alpha value is -1.84. The zero-order chi connectivity index (χ0) is 20.8. The van der Waals surface area contributed by atoms with Crippen LogP contribution >= 0.6 is 24.0 Å². The Balaban J connectivity index is 0.00000272. The van der Waals surface area contributed by atoms with Crippen molar-refractivity contribution < 1.29 is 4.74 Å². The molecule has 0 radical (unpaired) electrons. The van der Waals surface area contributed by atoms with Gasteiger partial charge in [-0.2, -0.15) is 0 Å². The van der Waals surface area contributed by atoms with Crippen LogP contribution in [0.2, 0.25) is 0 Å². The number of hydrogen-bond acceptors (Lipinski definition) is 4. The molecule has 0 spiro atoms. The molecule has 2 bridgehead atoms. The summed E-state index contributed by atoms with van der Waals surface area (Å²) in [5, 5.41) is 15.5. The van der Waals surface area contributed by atoms with E-state index in [9.17, 15) is 0 Å². The van der Waals surface area contributed by atoms with Gasteiger partial charge >= 0.3 is 0 Å². The minimum Gasteiger partial charge on any atom is -0.496 e. The van der Waals surface area contributed by atoms with E-state index in [1.807, 2.05) is 18.5 Å². The third-order valence-corrected chi connectivity index (χ3v) is 6.56. The van der Waals surface area contributed by atoms with Gasteiger partial charge in [-0.15, -0.1) is 34.2 Å². The number of hydrogen-bond donors (Lipinski definition) is 2. The summed E-state index contributed by atoms with van der Waals surface area (Å²) in [6.07, 6.45) is 8.99. The van der Waals surface area contributed by atoms with Gasteiger partial charge in [-0.1, -0.05) is 31.5 Å². The lowest BCUT2D eigenvalue weighted by Crippen LogP contribution is -2.46. The Morgan fingerprint density at radius 3 is 2.87 bits per heavy atom. The molecule has 0 saturated heterocycles. The number of guanidine groups is 1. The summed E-state index contributed by atoms with van der Waals surface area (Å²) in [4.78, 5) is 4.90. The van der Waals surface area contributed by atoms with Gasteiger partial charge in [0.1, 0.15) is 17.9 Å². The molecule has 2 fully saturated rings. The molecule has 3 unspecified atom stereocenters. The number of fused-ring (bicyclic) bond motifs is 2. The monoisotopic (exact) mass is 538 g/mol. The van der Waals surface area contributed by atoms with Crippen LogP contribution in [0, 0.1) is 11.8 Å². The number of ether oxygens (including phenoxy) is 1. The number of rotatable bonds is 9. The second-order valence-electron chi connectivity index (χ2n) is 8.44. The van der Waals surface area contributed by atoms with Gasteiger partial charge < -0.3 is 19.9 Å². The number of methoxy groups -OCH3 is 1. The molecule has 2 aliphatic rings. The SMILES string of the molecule is CCc1nncn1CCNC(=NCCc1ccccc1OC)NC1CC2CCC1C2.I. The average Bonchev–Trinajstić information content (AvgIpc) is 3.51. The van der Waals surface area contributed by atoms with E-state index in [1.165, 1.54) is 31.2 Å². The topological polar surface area (TPSA) is 76.4 Å². The van der Waals surface area contributed by atoms with Gasteiger partial charge in [0.25, 0.3) is 0 Å². The predicted octanol–water partition coefficient (Wildman–Crippen LogP) is 3.43. The zero-order valence-electron chi connectivity index (χ0n) is 18.6. The number of nitrogens with one attached hydrogen (secondary N) is 2. The quantitative estimate of drug-likeness (QED) is 0.291. The Labute approximate surface area is 202 Å². The summed E-state index contributed by atoms with van der Waals surface area (Å²) in [6, 6.07) is 8.74. The summed E-state index contributed by atoms with van der Waals surface area (Å²) in [5.41, 5.74) is 1.19. The summed E-state index contributed by atoms with van der Waals surface area (Å²) in [6.45, 7) is 4.46. The number of halogens is 1. The Kier molecular flexibility index (Phi) is 8.98. The maximum Gasteiger partial charge on any atom is 0.191 e. The molecule has 0 aliphatic heterocycles. The highest BCUT2D eigenvalue weighted by atomic mass is 127. The van der Waals surface area contributed by atoms with Crippen LogP contribution in [0.25, 0.3) is 0 Å². The van der Waals surface area contributed by atoms with E-state index in [4.69, 9.17) is 9.73 Å². The summed E-state index contributed by atoms with van der Waals surface area (Å²) in [7, 11) is 1.72. The van der Waals surface area contributed by atoms with E-state index in [2.05, 4.69) is 44.5 Å². The summed E-state index contributed by atoms with van der Waals surface area (Å²) >= 11 is 0. The third-order valence-electron chi connectivity index (χ3n) is 6.56. The lowest BCUT2D eigenvalue weighted by atomic mass is 9.95. The van der Waals surface area contributed by atoms with Crippen LogP contribution in [0.15, 0.2) is 35.6 Å². The number of aryl methyl sites for hydroxylation is 1. The van der Waals surface area contributed by atoms with Crippen molar-refractivity contribution in [3.8, 4) is 5.75 Å². The first-order valence-corrected chi connectivity index (χ1v) is 11.3. The highest BCUT2D eigenvalue weighted by Gasteiger charge is 2.39. The van der Waals surface area contributed by atoms with E-state index < -0.39 is 0 Å². The first kappa shape index (κ1) is 23.8. The minimum absolute atomic E-state index is 0. The summed E-state index contributed by atoms with van der Waals surface area (Å²) < 4.78 is 7.59. The highest BCUT2D eigenvalue weighted by Crippen LogP contribution is 2.44. The second kappa shape index (κ2) is 11.7. The van der Waals surface area contributed by atoms with Crippen LogP contribution < -0.4 is 15.4 Å². The fourth-order valence-corrected chi connectivity index (χ4v) is 4.98. The van der Waals surface area contributed by atoms with Crippen LogP contribution in [-0.4, -0.2) is 47.0 Å². The van der Waals surface area contributed by atoms with E-state index in [-0.39, 0.29) is 24.0 Å². The lowest BCUT2D eigenvalue weighted by molar-refractivity contribution is 0.386. The van der Waals surface area contributed by atoms with Gasteiger partial charge in [0.15, 0.2) is 5.96 Å². The number of aromatic nitrogens is 3. The van der Waals surface area contributed by atoms with Crippen LogP contribution in [-0.2, 0) is 19.4 Å². The third kappa shape index (κ3) is 6.11. The maximum atomic E-state index is 5.48. The minimum atomic E-state index is 0. The number of benzene rings is 1. The number of nitrogens with zero attached hydrogens (tertiary/aromatic N) is 4. The van der Waals surface area contributed by atoms with Crippen LogP contribution in [0.5, 0.6) is 5.75 Å². The molecule has 1 aromatic heterocycles. The second-order valence-corrected chi connectivity index (χ2v) is 8.44. The van der Waals surface area contributed by atoms with Gasteiger partial charge in [-0.3, -0.25) is 4.99 Å². The van der Waals surface area contributed by atoms with E-state index in [0.717, 1.165) is 61.8 Å². The zero-order valence-corrected chi connectivity index (χ0v) is 20.9. The van der Waals surface area contributed by atoms with Crippen molar-refractivity contribution >= 4 is 29.9 Å². The van der Waals surface area contributed by atoms with Crippen LogP contribution in [0.3, 0.4) is 0 Å². The smallest absolute Gasteiger partial charge is 0.191 e. The van der Waals surface area contributed by atoms with E-state index >= 15 is 0 Å². The fraction of sp³-hybridized carbons (Fsp3) is 0.609. The molecule has 1 aromatic carbocycles. The van der Waals surface area contributed by atoms with Crippen molar-refractivity contribution in [2.24, 2.45) is 16.8 Å². The molecule has 170 valence electrons. The first-order chi connectivity index (χ1) is 14.8. The molecule has 4 rings (SSSR count). The largest absolute Gasteiger partial charge is 0.496 e. The molecule has 3 atom stereocenters. The molecule has 2 aliphatic carbocycles. The van der Waals surface area contributed by atoms with Crippen molar-refractivity contribution in [2.75, 3.05) is 20.2 Å². The summed E-state index contributed by atoms with van der Waals surface area (Å²) in [5.74, 6) is 4.59. The van der Waals surface area contributed by atoms with Crippen molar-refractivity contribution in [1.82, 2.24) is 25.4 Å². The maximum absolute atomic E-state index is 5.48. The first-order valence-electron chi connectivity index (χ1n) is 11.3. The predicted molar refractivity (Wildman–Crippen MR) is 134 cm³/mol. The number of aliphatic imine (C=N–C) groups is 1. The molecule has 1 heterocycles. The highest BCUT2D eigenvalue weighted by molar-refractivity contribution is 14.0. The molecule has 7 nitrogen and oxygen atoms in total. The number of para-hydroxylation sites is 1. The van der Waals surface area contributed by atoms with Crippen LogP contribution in [0.1, 0.15) is 44.0 Å². The Morgan fingerprint density at radius 1 is 1.26 bits per heavy atom. The van der Waals surface area contributed by atoms with Crippen molar-refractivity contribution in [3.05, 3.63) is 42.0 Å². The van der Waals surface area contributed by atoms with E-state index in [0.29, 0.717) is 6.04 Å². The van der Waals surface area contributed by atoms with Crippen LogP contribution in [0.4, 0.5) is 0 Å². The standard InChI is InChI=1S/C23H34N6O.HI/c1-3-22-28-26-16-29(22)13-12-25-23(27-20-15-17-8-9-19(20)14-17)24-11-10-18-6-4-5-7-21(18)30-2;/h4-7,16-17,19-20H,3,8-15H2,1-2H3,(H2,24,25,27);1H. The average molecular weight is 538 g/mol. The van der Waals surface area contributed by atoms with Crippen molar-refractivity contribution in [3.63, 3.8) is 0 Å². The van der Waals surface area contributed by atoms with E-state index in [1.54, 1.807) is 7.11 Å². The van der Waals surface area contributed by atoms with Gasteiger partial charge in [0.05, 0.1) is 7.11 Å². The molecular formula is C23H35IN6O. The lowest BCUT2D eigenvalue weighted by Gasteiger charge is -2.25. The molecule has 2 aromatic rings. The molecular weight excluding hydrogens is 503 g/mol. The van der Waals surface area contributed by atoms with Gasteiger partial charge in [-0.05, 0) is 49.1 Å². The molecule has 0 amide bonds.